The number of ether oxygens (including phenoxy) is 1. The molecule has 1 atom stereocenters. The number of carbonyl (C=O) groups is 2. The van der Waals surface area contributed by atoms with Crippen LogP contribution in [0.1, 0.15) is 31.2 Å². The summed E-state index contributed by atoms with van der Waals surface area (Å²) in [4.78, 5) is 21.1. The Kier molecular flexibility index (Phi) is 6.94. The van der Waals surface area contributed by atoms with E-state index in [4.69, 9.17) is 32.0 Å². The molecule has 3 rings (SSSR count). The van der Waals surface area contributed by atoms with Crippen LogP contribution in [0, 0.1) is 0 Å². The van der Waals surface area contributed by atoms with Gasteiger partial charge in [0.15, 0.2) is 6.10 Å². The smallest absolute Gasteiger partial charge is 0.480 e. The zero-order chi connectivity index (χ0) is 20.2. The largest absolute Gasteiger partial charge is 0.490 e. The molecule has 4 N–H and O–H groups in total. The molecule has 0 spiro atoms. The predicted molar refractivity (Wildman–Crippen MR) is 91.6 cm³/mol. The molecule has 1 unspecified atom stereocenters. The van der Waals surface area contributed by atoms with Crippen LogP contribution >= 0.6 is 11.6 Å². The van der Waals surface area contributed by atoms with Gasteiger partial charge in [-0.1, -0.05) is 11.6 Å². The van der Waals surface area contributed by atoms with Gasteiger partial charge < -0.3 is 20.9 Å². The highest BCUT2D eigenvalue weighted by Gasteiger charge is 2.38. The molecule has 1 aliphatic carbocycles. The van der Waals surface area contributed by atoms with Gasteiger partial charge in [0.2, 0.25) is 0 Å². The Hall–Kier alpha value is -2.00. The average molecular weight is 409 g/mol. The maximum atomic E-state index is 12.2. The fourth-order valence-corrected chi connectivity index (χ4v) is 3.12. The normalized spacial score (nSPS) is 24.1. The number of hydrogen-bond donors (Lipinski definition) is 3. The topological polar surface area (TPSA) is 102 Å². The quantitative estimate of drug-likeness (QED) is 0.698. The molecule has 1 fully saturated rings. The number of aliphatic carboxylic acids is 1. The third-order valence-electron chi connectivity index (χ3n) is 4.35. The predicted octanol–water partition coefficient (Wildman–Crippen LogP) is 2.66. The first-order valence-electron chi connectivity index (χ1n) is 8.37. The van der Waals surface area contributed by atoms with Gasteiger partial charge in [-0.25, -0.2) is 4.79 Å². The number of halogens is 4. The number of carbonyl (C=O) groups excluding carboxylic acids is 1. The van der Waals surface area contributed by atoms with Crippen LogP contribution in [0.3, 0.4) is 0 Å². The van der Waals surface area contributed by atoms with Crippen molar-refractivity contribution in [3.05, 3.63) is 28.8 Å². The summed E-state index contributed by atoms with van der Waals surface area (Å²) < 4.78 is 37.4. The molecule has 0 aromatic heterocycles. The minimum Gasteiger partial charge on any atom is -0.480 e. The molecule has 1 amide bonds. The number of amides is 1. The summed E-state index contributed by atoms with van der Waals surface area (Å²) in [6.45, 7) is 0. The maximum absolute atomic E-state index is 12.2. The van der Waals surface area contributed by atoms with Crippen molar-refractivity contribution in [1.82, 2.24) is 5.32 Å². The van der Waals surface area contributed by atoms with E-state index in [1.807, 2.05) is 12.1 Å². The highest BCUT2D eigenvalue weighted by molar-refractivity contribution is 6.30. The fourth-order valence-electron chi connectivity index (χ4n) is 2.92. The number of benzene rings is 1. The number of nitrogens with two attached hydrogens (primary N) is 1. The fraction of sp³-hybridized carbons (Fsp3) is 0.529. The first-order valence-corrected chi connectivity index (χ1v) is 8.75. The molecular weight excluding hydrogens is 389 g/mol. The van der Waals surface area contributed by atoms with Crippen LogP contribution in [0.15, 0.2) is 18.2 Å². The summed E-state index contributed by atoms with van der Waals surface area (Å²) in [6, 6.07) is 5.99. The molecule has 0 saturated heterocycles. The Labute approximate surface area is 158 Å². The molecule has 10 heteroatoms. The van der Waals surface area contributed by atoms with E-state index in [9.17, 15) is 18.0 Å². The zero-order valence-electron chi connectivity index (χ0n) is 14.3. The third kappa shape index (κ3) is 6.28. The second kappa shape index (κ2) is 8.79. The lowest BCUT2D eigenvalue weighted by Crippen LogP contribution is -2.45. The Bertz CT molecular complexity index is 691. The maximum Gasteiger partial charge on any atom is 0.490 e. The molecule has 2 aliphatic rings. The Morgan fingerprint density at radius 3 is 2.37 bits per heavy atom. The number of hydrogen-bond acceptors (Lipinski definition) is 4. The van der Waals surface area contributed by atoms with E-state index in [0.717, 1.165) is 37.0 Å². The van der Waals surface area contributed by atoms with Gasteiger partial charge in [0, 0.05) is 23.5 Å². The molecule has 0 radical (unpaired) electrons. The number of rotatable bonds is 2. The number of fused-ring (bicyclic) bond motifs is 1. The van der Waals surface area contributed by atoms with Crippen LogP contribution in [0.4, 0.5) is 13.2 Å². The summed E-state index contributed by atoms with van der Waals surface area (Å²) >= 11 is 5.95. The standard InChI is InChI=1S/C15H19ClN2O2.C2HF3O2/c16-10-1-6-13-9(7-10)8-14(20-13)15(19)18-12-4-2-11(17)3-5-12;3-2(4,5)1(6)7/h1,6-7,11-12,14H,2-5,8,17H2,(H,18,19);(H,6,7). The van der Waals surface area contributed by atoms with Gasteiger partial charge in [0.05, 0.1) is 0 Å². The van der Waals surface area contributed by atoms with E-state index in [0.29, 0.717) is 11.4 Å². The summed E-state index contributed by atoms with van der Waals surface area (Å²) in [5.41, 5.74) is 6.87. The van der Waals surface area contributed by atoms with Crippen molar-refractivity contribution >= 4 is 23.5 Å². The van der Waals surface area contributed by atoms with Gasteiger partial charge in [0.25, 0.3) is 5.91 Å². The van der Waals surface area contributed by atoms with Crippen molar-refractivity contribution in [2.75, 3.05) is 0 Å². The van der Waals surface area contributed by atoms with E-state index < -0.39 is 18.2 Å². The zero-order valence-corrected chi connectivity index (χ0v) is 15.0. The second-order valence-corrected chi connectivity index (χ2v) is 6.92. The van der Waals surface area contributed by atoms with Crippen LogP contribution in [-0.4, -0.2) is 41.3 Å². The molecule has 27 heavy (non-hydrogen) atoms. The molecule has 150 valence electrons. The van der Waals surface area contributed by atoms with Crippen molar-refractivity contribution in [3.8, 4) is 5.75 Å². The van der Waals surface area contributed by atoms with E-state index >= 15 is 0 Å². The molecule has 1 aliphatic heterocycles. The van der Waals surface area contributed by atoms with Crippen molar-refractivity contribution in [2.24, 2.45) is 5.73 Å². The lowest BCUT2D eigenvalue weighted by atomic mass is 9.91. The Morgan fingerprint density at radius 2 is 1.81 bits per heavy atom. The van der Waals surface area contributed by atoms with Gasteiger partial charge in [0.1, 0.15) is 5.75 Å². The van der Waals surface area contributed by atoms with Gasteiger partial charge >= 0.3 is 12.1 Å². The molecule has 1 aromatic carbocycles. The van der Waals surface area contributed by atoms with E-state index in [2.05, 4.69) is 5.32 Å². The highest BCUT2D eigenvalue weighted by atomic mass is 35.5. The molecule has 1 aromatic rings. The number of alkyl halides is 3. The molecule has 6 nitrogen and oxygen atoms in total. The van der Waals surface area contributed by atoms with Gasteiger partial charge in [-0.3, -0.25) is 4.79 Å². The van der Waals surface area contributed by atoms with Crippen LogP contribution in [0.25, 0.3) is 0 Å². The summed E-state index contributed by atoms with van der Waals surface area (Å²) in [6.07, 6.45) is -1.05. The lowest BCUT2D eigenvalue weighted by Gasteiger charge is -2.27. The first kappa shape index (κ1) is 21.3. The van der Waals surface area contributed by atoms with Crippen molar-refractivity contribution in [3.63, 3.8) is 0 Å². The van der Waals surface area contributed by atoms with Crippen molar-refractivity contribution < 1.29 is 32.6 Å². The monoisotopic (exact) mass is 408 g/mol. The lowest BCUT2D eigenvalue weighted by molar-refractivity contribution is -0.192. The molecule has 0 bridgehead atoms. The Balaban J connectivity index is 0.000000321. The number of carboxylic acid groups (broad SMARTS) is 1. The highest BCUT2D eigenvalue weighted by Crippen LogP contribution is 2.31. The van der Waals surface area contributed by atoms with Crippen LogP contribution < -0.4 is 15.8 Å². The number of carboxylic acids is 1. The van der Waals surface area contributed by atoms with Crippen molar-refractivity contribution in [2.45, 2.75) is 56.5 Å². The van der Waals surface area contributed by atoms with E-state index in [1.54, 1.807) is 6.07 Å². The molecule has 1 saturated carbocycles. The minimum absolute atomic E-state index is 0.0298. The van der Waals surface area contributed by atoms with Gasteiger partial charge in [-0.2, -0.15) is 13.2 Å². The third-order valence-corrected chi connectivity index (χ3v) is 4.59. The number of nitrogens with one attached hydrogen (secondary N) is 1. The molecular formula is C17H20ClF3N2O4. The second-order valence-electron chi connectivity index (χ2n) is 6.49. The van der Waals surface area contributed by atoms with Crippen molar-refractivity contribution in [1.29, 1.82) is 0 Å². The SMILES string of the molecule is NC1CCC(NC(=O)C2Cc3cc(Cl)ccc3O2)CC1.O=C(O)C(F)(F)F. The first-order chi connectivity index (χ1) is 12.6. The van der Waals surface area contributed by atoms with Crippen LogP contribution in [0.2, 0.25) is 5.02 Å². The average Bonchev–Trinajstić information content (AvgIpc) is 3.00. The summed E-state index contributed by atoms with van der Waals surface area (Å²) in [7, 11) is 0. The van der Waals surface area contributed by atoms with Gasteiger partial charge in [-0.15, -0.1) is 0 Å². The van der Waals surface area contributed by atoms with Gasteiger partial charge in [-0.05, 0) is 49.4 Å². The summed E-state index contributed by atoms with van der Waals surface area (Å²) in [5, 5.41) is 10.9. The minimum atomic E-state index is -5.08. The Morgan fingerprint density at radius 1 is 1.22 bits per heavy atom. The van der Waals surface area contributed by atoms with E-state index in [-0.39, 0.29) is 18.0 Å². The van der Waals surface area contributed by atoms with Crippen LogP contribution in [-0.2, 0) is 16.0 Å². The van der Waals surface area contributed by atoms with Crippen LogP contribution in [0.5, 0.6) is 5.75 Å². The molecule has 1 heterocycles. The van der Waals surface area contributed by atoms with E-state index in [1.165, 1.54) is 0 Å². The summed E-state index contributed by atoms with van der Waals surface area (Å²) in [5.74, 6) is -2.02.